The van der Waals surface area contributed by atoms with Gasteiger partial charge in [-0.25, -0.2) is 18.4 Å². The zero-order valence-corrected chi connectivity index (χ0v) is 23.8. The number of rotatable bonds is 8. The van der Waals surface area contributed by atoms with E-state index in [2.05, 4.69) is 24.8 Å². The van der Waals surface area contributed by atoms with Crippen molar-refractivity contribution < 1.29 is 17.9 Å². The van der Waals surface area contributed by atoms with Crippen LogP contribution in [0.4, 0.5) is 5.82 Å². The Kier molecular flexibility index (Phi) is 8.12. The van der Waals surface area contributed by atoms with E-state index < -0.39 is 10.0 Å². The molecule has 4 aromatic rings. The molecule has 0 aliphatic heterocycles. The van der Waals surface area contributed by atoms with Gasteiger partial charge in [0.2, 0.25) is 5.75 Å². The maximum atomic E-state index is 13.5. The molecule has 0 amide bonds. The van der Waals surface area contributed by atoms with Crippen LogP contribution in [0.1, 0.15) is 32.0 Å². The van der Waals surface area contributed by atoms with E-state index in [9.17, 15) is 8.42 Å². The zero-order valence-electron chi connectivity index (χ0n) is 22.2. The van der Waals surface area contributed by atoms with Gasteiger partial charge in [0.25, 0.3) is 10.0 Å². The molecule has 11 nitrogen and oxygen atoms in total. The Hall–Kier alpha value is -4.42. The second-order valence-corrected chi connectivity index (χ2v) is 11.6. The molecular formula is C27H28ClN7O4S. The average Bonchev–Trinajstić information content (AvgIpc) is 2.94. The lowest BCUT2D eigenvalue weighted by molar-refractivity contribution is 0.378. The van der Waals surface area contributed by atoms with Gasteiger partial charge in [-0.05, 0) is 47.4 Å². The normalized spacial score (nSPS) is 12.2. The summed E-state index contributed by atoms with van der Waals surface area (Å²) in [4.78, 5) is 12.9. The number of hydrogen-bond donors (Lipinski definition) is 3. The lowest BCUT2D eigenvalue weighted by atomic mass is 9.87. The largest absolute Gasteiger partial charge is 0.493 e. The van der Waals surface area contributed by atoms with Crippen LogP contribution in [0.2, 0.25) is 5.15 Å². The number of pyridine rings is 1. The molecule has 0 saturated carbocycles. The van der Waals surface area contributed by atoms with Crippen LogP contribution in [0.15, 0.2) is 76.9 Å². The Bertz CT molecular complexity index is 1670. The summed E-state index contributed by atoms with van der Waals surface area (Å²) in [6.07, 6.45) is 1.46. The number of hydrazone groups is 1. The fourth-order valence-corrected chi connectivity index (χ4v) is 4.83. The number of nitrogens with zero attached hydrogens (tertiary/aromatic N) is 4. The standard InChI is InChI=1S/C27H28ClN7O4S/c1-27(2,3)17-9-11-18(12-10-17)40(36,37)35-26-22(39-21-8-6-5-7-20(21)38-4)23(28)32-25(33-26)16-13-14-31-19(15-16)24(29)34-30/h5-15H,30H2,1-4H3,(H2,29,34)(H,32,33,35). The highest BCUT2D eigenvalue weighted by Crippen LogP contribution is 2.40. The minimum atomic E-state index is -4.13. The van der Waals surface area contributed by atoms with Crippen molar-refractivity contribution in [3.8, 4) is 28.6 Å². The Morgan fingerprint density at radius 3 is 2.33 bits per heavy atom. The summed E-state index contributed by atoms with van der Waals surface area (Å²) in [5.74, 6) is 5.70. The van der Waals surface area contributed by atoms with Crippen molar-refractivity contribution in [2.45, 2.75) is 31.1 Å². The van der Waals surface area contributed by atoms with E-state index in [1.165, 1.54) is 25.4 Å². The number of benzene rings is 2. The predicted octanol–water partition coefficient (Wildman–Crippen LogP) is 4.67. The van der Waals surface area contributed by atoms with E-state index in [1.807, 2.05) is 20.8 Å². The molecular weight excluding hydrogens is 554 g/mol. The van der Waals surface area contributed by atoms with E-state index in [4.69, 9.17) is 32.7 Å². The maximum Gasteiger partial charge on any atom is 0.263 e. The van der Waals surface area contributed by atoms with E-state index in [-0.39, 0.29) is 50.1 Å². The summed E-state index contributed by atoms with van der Waals surface area (Å²) < 4.78 is 40.8. The Morgan fingerprint density at radius 2 is 1.70 bits per heavy atom. The van der Waals surface area contributed by atoms with Crippen molar-refractivity contribution in [2.75, 3.05) is 11.8 Å². The molecule has 4 rings (SSSR count). The van der Waals surface area contributed by atoms with E-state index >= 15 is 0 Å². The second-order valence-electron chi connectivity index (χ2n) is 9.59. The van der Waals surface area contributed by atoms with Crippen LogP contribution in [-0.4, -0.2) is 36.3 Å². The smallest absolute Gasteiger partial charge is 0.263 e. The van der Waals surface area contributed by atoms with Gasteiger partial charge in [0, 0.05) is 11.8 Å². The first-order chi connectivity index (χ1) is 18.9. The number of sulfonamides is 1. The summed E-state index contributed by atoms with van der Waals surface area (Å²) >= 11 is 6.57. The van der Waals surface area contributed by atoms with Crippen LogP contribution in [-0.2, 0) is 15.4 Å². The van der Waals surface area contributed by atoms with Gasteiger partial charge >= 0.3 is 0 Å². The fourth-order valence-electron chi connectivity index (χ4n) is 3.62. The first kappa shape index (κ1) is 28.6. The Labute approximate surface area is 237 Å². The lowest BCUT2D eigenvalue weighted by Gasteiger charge is -2.19. The van der Waals surface area contributed by atoms with Gasteiger partial charge in [0.15, 0.2) is 34.1 Å². The molecule has 0 aliphatic rings. The average molecular weight is 582 g/mol. The third-order valence-electron chi connectivity index (χ3n) is 5.79. The van der Waals surface area contributed by atoms with Gasteiger partial charge in [-0.2, -0.15) is 5.10 Å². The number of anilines is 1. The summed E-state index contributed by atoms with van der Waals surface area (Å²) in [7, 11) is -2.65. The van der Waals surface area contributed by atoms with E-state index in [1.54, 1.807) is 48.5 Å². The highest BCUT2D eigenvalue weighted by atomic mass is 35.5. The van der Waals surface area contributed by atoms with Crippen molar-refractivity contribution in [2.24, 2.45) is 16.7 Å². The topological polar surface area (TPSA) is 168 Å². The van der Waals surface area contributed by atoms with Crippen LogP contribution in [0.25, 0.3) is 11.4 Å². The quantitative estimate of drug-likeness (QED) is 0.0880. The van der Waals surface area contributed by atoms with Gasteiger partial charge in [-0.1, -0.05) is 56.6 Å². The van der Waals surface area contributed by atoms with Gasteiger partial charge in [0.05, 0.1) is 12.0 Å². The van der Waals surface area contributed by atoms with Crippen molar-refractivity contribution in [1.82, 2.24) is 15.0 Å². The number of aromatic nitrogens is 3. The molecule has 208 valence electrons. The summed E-state index contributed by atoms with van der Waals surface area (Å²) in [5.41, 5.74) is 7.33. The van der Waals surface area contributed by atoms with Crippen molar-refractivity contribution in [3.63, 3.8) is 0 Å². The molecule has 13 heteroatoms. The molecule has 0 spiro atoms. The molecule has 0 unspecified atom stereocenters. The number of ether oxygens (including phenoxy) is 2. The SMILES string of the molecule is COc1ccccc1Oc1c(Cl)nc(-c2ccnc(C(N)=NN)c2)nc1NS(=O)(=O)c1ccc(C(C)(C)C)cc1. The number of nitrogens with two attached hydrogens (primary N) is 2. The van der Waals surface area contributed by atoms with Crippen LogP contribution in [0, 0.1) is 0 Å². The lowest BCUT2D eigenvalue weighted by Crippen LogP contribution is -2.17. The number of methoxy groups -OCH3 is 1. The Morgan fingerprint density at radius 1 is 1.02 bits per heavy atom. The number of nitrogens with one attached hydrogen (secondary N) is 1. The molecule has 0 fully saturated rings. The summed E-state index contributed by atoms with van der Waals surface area (Å²) in [6.45, 7) is 6.12. The van der Waals surface area contributed by atoms with Crippen molar-refractivity contribution >= 4 is 33.3 Å². The van der Waals surface area contributed by atoms with Crippen LogP contribution < -0.4 is 25.8 Å². The van der Waals surface area contributed by atoms with Crippen molar-refractivity contribution in [3.05, 3.63) is 83.3 Å². The Balaban J connectivity index is 1.83. The predicted molar refractivity (Wildman–Crippen MR) is 154 cm³/mol. The van der Waals surface area contributed by atoms with Crippen molar-refractivity contribution in [1.29, 1.82) is 0 Å². The van der Waals surface area contributed by atoms with E-state index in [0.717, 1.165) is 5.56 Å². The van der Waals surface area contributed by atoms with Gasteiger partial charge in [0.1, 0.15) is 5.69 Å². The molecule has 2 aromatic heterocycles. The molecule has 0 radical (unpaired) electrons. The van der Waals surface area contributed by atoms with Gasteiger partial charge < -0.3 is 21.1 Å². The second kappa shape index (κ2) is 11.4. The molecule has 0 saturated heterocycles. The number of para-hydroxylation sites is 2. The van der Waals surface area contributed by atoms with Crippen LogP contribution in [0.5, 0.6) is 17.2 Å². The molecule has 2 heterocycles. The molecule has 0 aliphatic carbocycles. The van der Waals surface area contributed by atoms with E-state index in [0.29, 0.717) is 11.3 Å². The third kappa shape index (κ3) is 6.24. The molecule has 5 N–H and O–H groups in total. The van der Waals surface area contributed by atoms with Gasteiger partial charge in [-0.15, -0.1) is 0 Å². The molecule has 0 atom stereocenters. The monoisotopic (exact) mass is 581 g/mol. The fraction of sp³-hybridized carbons (Fsp3) is 0.185. The highest BCUT2D eigenvalue weighted by molar-refractivity contribution is 7.92. The number of hydrogen-bond acceptors (Lipinski definition) is 9. The summed E-state index contributed by atoms with van der Waals surface area (Å²) in [6, 6.07) is 16.5. The maximum absolute atomic E-state index is 13.5. The first-order valence-corrected chi connectivity index (χ1v) is 13.8. The molecule has 2 aromatic carbocycles. The third-order valence-corrected chi connectivity index (χ3v) is 7.40. The van der Waals surface area contributed by atoms with Gasteiger partial charge in [-0.3, -0.25) is 9.71 Å². The molecule has 0 bridgehead atoms. The van der Waals surface area contributed by atoms with Crippen LogP contribution in [0.3, 0.4) is 0 Å². The summed E-state index contributed by atoms with van der Waals surface area (Å²) in [5, 5.41) is 3.29. The molecule has 40 heavy (non-hydrogen) atoms. The number of halogens is 1. The van der Waals surface area contributed by atoms with Crippen LogP contribution >= 0.6 is 11.6 Å². The zero-order chi connectivity index (χ0) is 29.1. The minimum absolute atomic E-state index is 0.0105. The minimum Gasteiger partial charge on any atom is -0.493 e. The number of amidine groups is 1. The first-order valence-electron chi connectivity index (χ1n) is 11.9. The highest BCUT2D eigenvalue weighted by Gasteiger charge is 2.24.